The second-order valence-corrected chi connectivity index (χ2v) is 4.20. The van der Waals surface area contributed by atoms with E-state index in [4.69, 9.17) is 5.11 Å². The largest absolute Gasteiger partial charge is 0.480 e. The summed E-state index contributed by atoms with van der Waals surface area (Å²) in [5.74, 6) is -1.45. The number of non-ortho nitro benzene ring substituents is 1. The van der Waals surface area contributed by atoms with Gasteiger partial charge in [-0.1, -0.05) is 6.08 Å². The Bertz CT molecular complexity index is 541. The molecule has 112 valence electrons. The number of carboxylic acid groups (broad SMARTS) is 1. The molecule has 0 fully saturated rings. The predicted octanol–water partition coefficient (Wildman–Crippen LogP) is 1.11. The van der Waals surface area contributed by atoms with Crippen molar-refractivity contribution in [3.05, 3.63) is 47.0 Å². The van der Waals surface area contributed by atoms with Crippen molar-refractivity contribution in [1.29, 1.82) is 0 Å². The minimum atomic E-state index is -1.04. The lowest BCUT2D eigenvalue weighted by Crippen LogP contribution is -2.37. The van der Waals surface area contributed by atoms with E-state index in [-0.39, 0.29) is 25.3 Å². The number of nitro benzene ring substituents is 1. The van der Waals surface area contributed by atoms with Crippen molar-refractivity contribution in [3.8, 4) is 0 Å². The second kappa shape index (κ2) is 7.75. The lowest BCUT2D eigenvalue weighted by molar-refractivity contribution is -0.384. The highest BCUT2D eigenvalue weighted by Crippen LogP contribution is 2.15. The van der Waals surface area contributed by atoms with Crippen LogP contribution in [0.3, 0.4) is 0 Å². The van der Waals surface area contributed by atoms with Gasteiger partial charge in [0.15, 0.2) is 0 Å². The zero-order valence-corrected chi connectivity index (χ0v) is 11.2. The Morgan fingerprint density at radius 2 is 1.95 bits per heavy atom. The number of carbonyl (C=O) groups is 2. The first-order chi connectivity index (χ1) is 9.92. The summed E-state index contributed by atoms with van der Waals surface area (Å²) in [5.41, 5.74) is 0.326. The Balaban J connectivity index is 2.60. The molecule has 8 nitrogen and oxygen atoms in total. The summed E-state index contributed by atoms with van der Waals surface area (Å²) < 4.78 is 0. The molecule has 0 unspecified atom stereocenters. The Morgan fingerprint density at radius 3 is 2.43 bits per heavy atom. The molecule has 0 heterocycles. The number of hydrogen-bond donors (Lipinski definition) is 2. The van der Waals surface area contributed by atoms with Gasteiger partial charge in [-0.15, -0.1) is 6.58 Å². The smallest absolute Gasteiger partial charge is 0.317 e. The van der Waals surface area contributed by atoms with Crippen LogP contribution in [0.4, 0.5) is 11.4 Å². The third kappa shape index (κ3) is 5.83. The molecule has 8 heteroatoms. The lowest BCUT2D eigenvalue weighted by atomic mass is 10.3. The van der Waals surface area contributed by atoms with Crippen LogP contribution < -0.4 is 5.32 Å². The van der Waals surface area contributed by atoms with Gasteiger partial charge in [0.05, 0.1) is 18.0 Å². The molecule has 0 saturated carbocycles. The summed E-state index contributed by atoms with van der Waals surface area (Å²) in [6.07, 6.45) is 1.50. The predicted molar refractivity (Wildman–Crippen MR) is 76.0 cm³/mol. The number of hydrogen-bond acceptors (Lipinski definition) is 5. The number of rotatable bonds is 8. The van der Waals surface area contributed by atoms with E-state index in [0.717, 1.165) is 0 Å². The van der Waals surface area contributed by atoms with Gasteiger partial charge in [-0.05, 0) is 12.1 Å². The van der Waals surface area contributed by atoms with Crippen molar-refractivity contribution in [1.82, 2.24) is 4.90 Å². The number of nitrogens with zero attached hydrogens (tertiary/aromatic N) is 2. The molecule has 0 radical (unpaired) electrons. The SMILES string of the molecule is C=CCN(CC(=O)O)CC(=O)Nc1ccc([N+](=O)[O-])cc1. The Kier molecular flexibility index (Phi) is 6.02. The summed E-state index contributed by atoms with van der Waals surface area (Å²) in [7, 11) is 0. The first-order valence-electron chi connectivity index (χ1n) is 6.01. The molecule has 1 aromatic rings. The number of amides is 1. The summed E-state index contributed by atoms with van der Waals surface area (Å²) in [6, 6.07) is 5.36. The van der Waals surface area contributed by atoms with Crippen LogP contribution in [0.2, 0.25) is 0 Å². The van der Waals surface area contributed by atoms with Gasteiger partial charge in [0.2, 0.25) is 5.91 Å². The summed E-state index contributed by atoms with van der Waals surface area (Å²) in [4.78, 5) is 33.8. The summed E-state index contributed by atoms with van der Waals surface area (Å²) in [5, 5.41) is 21.8. The van der Waals surface area contributed by atoms with Crippen LogP contribution in [0.1, 0.15) is 0 Å². The van der Waals surface area contributed by atoms with Crippen molar-refractivity contribution in [3.63, 3.8) is 0 Å². The van der Waals surface area contributed by atoms with Gasteiger partial charge in [0.1, 0.15) is 0 Å². The van der Waals surface area contributed by atoms with E-state index in [1.165, 1.54) is 35.2 Å². The zero-order chi connectivity index (χ0) is 15.8. The number of aliphatic carboxylic acids is 1. The van der Waals surface area contributed by atoms with Crippen molar-refractivity contribution in [2.24, 2.45) is 0 Å². The third-order valence-corrected chi connectivity index (χ3v) is 2.48. The first kappa shape index (κ1) is 16.3. The molecule has 2 N–H and O–H groups in total. The minimum absolute atomic E-state index is 0.0767. The molecule has 1 aromatic carbocycles. The van der Waals surface area contributed by atoms with E-state index < -0.39 is 16.8 Å². The number of anilines is 1. The van der Waals surface area contributed by atoms with Crippen molar-refractivity contribution >= 4 is 23.3 Å². The maximum atomic E-state index is 11.8. The topological polar surface area (TPSA) is 113 Å². The molecule has 1 amide bonds. The average molecular weight is 293 g/mol. The maximum Gasteiger partial charge on any atom is 0.317 e. The van der Waals surface area contributed by atoms with Crippen LogP contribution in [0.5, 0.6) is 0 Å². The fourth-order valence-electron chi connectivity index (χ4n) is 1.63. The standard InChI is InChI=1S/C13H15N3O5/c1-2-7-15(9-13(18)19)8-12(17)14-10-3-5-11(6-4-10)16(20)21/h2-6H,1,7-9H2,(H,14,17)(H,18,19). The van der Waals surface area contributed by atoms with E-state index in [9.17, 15) is 19.7 Å². The highest BCUT2D eigenvalue weighted by atomic mass is 16.6. The van der Waals surface area contributed by atoms with Crippen LogP contribution in [0, 0.1) is 10.1 Å². The van der Waals surface area contributed by atoms with Gasteiger partial charge >= 0.3 is 5.97 Å². The summed E-state index contributed by atoms with van der Waals surface area (Å²) in [6.45, 7) is 3.37. The normalized spacial score (nSPS) is 10.1. The maximum absolute atomic E-state index is 11.8. The lowest BCUT2D eigenvalue weighted by Gasteiger charge is -2.17. The van der Waals surface area contributed by atoms with Gasteiger partial charge < -0.3 is 10.4 Å². The van der Waals surface area contributed by atoms with E-state index in [1.807, 2.05) is 0 Å². The molecule has 0 spiro atoms. The van der Waals surface area contributed by atoms with Crippen LogP contribution in [-0.4, -0.2) is 46.4 Å². The molecule has 0 aliphatic carbocycles. The Hall–Kier alpha value is -2.74. The Labute approximate surface area is 120 Å². The fraction of sp³-hybridized carbons (Fsp3) is 0.231. The Morgan fingerprint density at radius 1 is 1.33 bits per heavy atom. The molecular weight excluding hydrogens is 278 g/mol. The summed E-state index contributed by atoms with van der Waals surface area (Å²) >= 11 is 0. The zero-order valence-electron chi connectivity index (χ0n) is 11.2. The first-order valence-corrected chi connectivity index (χ1v) is 6.01. The van der Waals surface area contributed by atoms with Gasteiger partial charge in [-0.25, -0.2) is 0 Å². The van der Waals surface area contributed by atoms with Crippen LogP contribution in [0.15, 0.2) is 36.9 Å². The van der Waals surface area contributed by atoms with Crippen molar-refractivity contribution in [2.75, 3.05) is 25.0 Å². The number of benzene rings is 1. The van der Waals surface area contributed by atoms with Crippen LogP contribution in [-0.2, 0) is 9.59 Å². The fourth-order valence-corrected chi connectivity index (χ4v) is 1.63. The molecule has 0 aliphatic rings. The molecule has 0 aliphatic heterocycles. The highest BCUT2D eigenvalue weighted by molar-refractivity contribution is 5.92. The van der Waals surface area contributed by atoms with E-state index in [1.54, 1.807) is 0 Å². The third-order valence-electron chi connectivity index (χ3n) is 2.48. The highest BCUT2D eigenvalue weighted by Gasteiger charge is 2.13. The van der Waals surface area contributed by atoms with Gasteiger partial charge in [0, 0.05) is 24.4 Å². The van der Waals surface area contributed by atoms with E-state index in [2.05, 4.69) is 11.9 Å². The van der Waals surface area contributed by atoms with Crippen molar-refractivity contribution in [2.45, 2.75) is 0 Å². The van der Waals surface area contributed by atoms with Gasteiger partial charge in [0.25, 0.3) is 5.69 Å². The van der Waals surface area contributed by atoms with E-state index in [0.29, 0.717) is 5.69 Å². The van der Waals surface area contributed by atoms with Gasteiger partial charge in [-0.2, -0.15) is 0 Å². The molecule has 0 saturated heterocycles. The van der Waals surface area contributed by atoms with Crippen molar-refractivity contribution < 1.29 is 19.6 Å². The number of nitro groups is 1. The number of carboxylic acids is 1. The minimum Gasteiger partial charge on any atom is -0.480 e. The molecule has 0 atom stereocenters. The van der Waals surface area contributed by atoms with Crippen LogP contribution >= 0.6 is 0 Å². The molecular formula is C13H15N3O5. The molecule has 0 bridgehead atoms. The molecule has 21 heavy (non-hydrogen) atoms. The van der Waals surface area contributed by atoms with Gasteiger partial charge in [-0.3, -0.25) is 24.6 Å². The number of carbonyl (C=O) groups excluding carboxylic acids is 1. The number of nitrogens with one attached hydrogen (secondary N) is 1. The van der Waals surface area contributed by atoms with E-state index >= 15 is 0 Å². The van der Waals surface area contributed by atoms with Crippen LogP contribution in [0.25, 0.3) is 0 Å². The average Bonchev–Trinajstić information content (AvgIpc) is 2.38. The second-order valence-electron chi connectivity index (χ2n) is 4.20. The molecule has 1 rings (SSSR count). The molecule has 0 aromatic heterocycles. The quantitative estimate of drug-likeness (QED) is 0.421. The monoisotopic (exact) mass is 293 g/mol.